The summed E-state index contributed by atoms with van der Waals surface area (Å²) in [5.41, 5.74) is 0.252. The third-order valence-corrected chi connectivity index (χ3v) is 8.02. The Hall–Kier alpha value is -3.59. The lowest BCUT2D eigenvalue weighted by molar-refractivity contribution is -0.142. The molecule has 37 heavy (non-hydrogen) atoms. The first-order valence-electron chi connectivity index (χ1n) is 11.6. The Morgan fingerprint density at radius 2 is 1.81 bits per heavy atom. The fourth-order valence-corrected chi connectivity index (χ4v) is 5.60. The van der Waals surface area contributed by atoms with Crippen molar-refractivity contribution >= 4 is 45.3 Å². The van der Waals surface area contributed by atoms with Crippen LogP contribution in [0.5, 0.6) is 11.5 Å². The Bertz CT molecular complexity index is 1380. The van der Waals surface area contributed by atoms with Gasteiger partial charge in [0.1, 0.15) is 11.6 Å². The summed E-state index contributed by atoms with van der Waals surface area (Å²) in [6.07, 6.45) is 4.83. The van der Waals surface area contributed by atoms with Gasteiger partial charge in [-0.1, -0.05) is 30.5 Å². The van der Waals surface area contributed by atoms with Crippen LogP contribution in [-0.2, 0) is 24.3 Å². The summed E-state index contributed by atoms with van der Waals surface area (Å²) in [6.45, 7) is 0.244. The largest absolute Gasteiger partial charge is 0.454 e. The quantitative estimate of drug-likeness (QED) is 0.316. The SMILES string of the molecule is N#CC(=Cc1ccc2c(c1)OCO2)C(=O)OCC(=O)Nc1cc(S(=O)(=O)N2CCCCCC2)ccc1Cl. The summed E-state index contributed by atoms with van der Waals surface area (Å²) in [6, 6.07) is 10.7. The molecule has 0 atom stereocenters. The molecule has 0 unspecified atom stereocenters. The fourth-order valence-electron chi connectivity index (χ4n) is 3.89. The Kier molecular flexibility index (Phi) is 8.33. The number of nitrogens with one attached hydrogen (secondary N) is 1. The molecule has 0 aliphatic carbocycles. The molecule has 0 bridgehead atoms. The number of nitriles is 1. The van der Waals surface area contributed by atoms with E-state index in [2.05, 4.69) is 5.32 Å². The molecule has 12 heteroatoms. The van der Waals surface area contributed by atoms with Crippen LogP contribution >= 0.6 is 11.6 Å². The number of nitrogens with zero attached hydrogens (tertiary/aromatic N) is 2. The molecule has 0 aromatic heterocycles. The Morgan fingerprint density at radius 1 is 1.08 bits per heavy atom. The zero-order valence-corrected chi connectivity index (χ0v) is 21.3. The van der Waals surface area contributed by atoms with Crippen molar-refractivity contribution in [3.05, 3.63) is 52.6 Å². The molecule has 2 heterocycles. The summed E-state index contributed by atoms with van der Waals surface area (Å²) in [5.74, 6) is -0.716. The predicted octanol–water partition coefficient (Wildman–Crippen LogP) is 3.72. The van der Waals surface area contributed by atoms with Crippen molar-refractivity contribution in [3.8, 4) is 17.6 Å². The number of benzene rings is 2. The van der Waals surface area contributed by atoms with Gasteiger partial charge >= 0.3 is 5.97 Å². The third kappa shape index (κ3) is 6.40. The highest BCUT2D eigenvalue weighted by Crippen LogP contribution is 2.33. The van der Waals surface area contributed by atoms with E-state index >= 15 is 0 Å². The lowest BCUT2D eigenvalue weighted by atomic mass is 10.1. The van der Waals surface area contributed by atoms with Crippen molar-refractivity contribution in [3.63, 3.8) is 0 Å². The van der Waals surface area contributed by atoms with E-state index in [1.165, 1.54) is 28.6 Å². The molecule has 0 radical (unpaired) electrons. The third-order valence-electron chi connectivity index (χ3n) is 5.80. The van der Waals surface area contributed by atoms with Gasteiger partial charge in [-0.05, 0) is 54.8 Å². The Balaban J connectivity index is 1.39. The van der Waals surface area contributed by atoms with Gasteiger partial charge in [0, 0.05) is 13.1 Å². The van der Waals surface area contributed by atoms with Gasteiger partial charge in [0.05, 0.1) is 15.6 Å². The summed E-state index contributed by atoms with van der Waals surface area (Å²) < 4.78 is 43.1. The van der Waals surface area contributed by atoms with Gasteiger partial charge in [0.2, 0.25) is 16.8 Å². The van der Waals surface area contributed by atoms with E-state index in [-0.39, 0.29) is 28.0 Å². The van der Waals surface area contributed by atoms with E-state index in [9.17, 15) is 23.3 Å². The van der Waals surface area contributed by atoms with E-state index < -0.39 is 28.5 Å². The average molecular weight is 546 g/mol. The number of carbonyl (C=O) groups is 2. The van der Waals surface area contributed by atoms with E-state index in [4.69, 9.17) is 25.8 Å². The number of esters is 1. The molecule has 0 spiro atoms. The fraction of sp³-hybridized carbons (Fsp3) is 0.320. The van der Waals surface area contributed by atoms with Crippen molar-refractivity contribution in [2.75, 3.05) is 31.8 Å². The molecule has 1 N–H and O–H groups in total. The monoisotopic (exact) mass is 545 g/mol. The molecule has 0 saturated carbocycles. The number of ether oxygens (including phenoxy) is 3. The highest BCUT2D eigenvalue weighted by molar-refractivity contribution is 7.89. The molecular formula is C25H24ClN3O7S. The van der Waals surface area contributed by atoms with Crippen LogP contribution < -0.4 is 14.8 Å². The first-order valence-corrected chi connectivity index (χ1v) is 13.4. The van der Waals surface area contributed by atoms with Crippen molar-refractivity contribution in [1.82, 2.24) is 4.31 Å². The second-order valence-corrected chi connectivity index (χ2v) is 10.7. The van der Waals surface area contributed by atoms with Gasteiger partial charge in [-0.15, -0.1) is 0 Å². The second kappa shape index (κ2) is 11.6. The maximum atomic E-state index is 13.1. The zero-order valence-electron chi connectivity index (χ0n) is 19.7. The van der Waals surface area contributed by atoms with Crippen molar-refractivity contribution in [2.45, 2.75) is 30.6 Å². The molecule has 1 fully saturated rings. The number of halogens is 1. The number of hydrogen-bond donors (Lipinski definition) is 1. The van der Waals surface area contributed by atoms with Crippen LogP contribution in [0.3, 0.4) is 0 Å². The molecular weight excluding hydrogens is 522 g/mol. The van der Waals surface area contributed by atoms with Crippen LogP contribution in [-0.4, -0.2) is 51.1 Å². The Morgan fingerprint density at radius 3 is 2.54 bits per heavy atom. The molecule has 194 valence electrons. The predicted molar refractivity (Wildman–Crippen MR) is 134 cm³/mol. The first kappa shape index (κ1) is 26.5. The molecule has 10 nitrogen and oxygen atoms in total. The van der Waals surface area contributed by atoms with Gasteiger partial charge in [-0.25, -0.2) is 13.2 Å². The minimum absolute atomic E-state index is 0.00419. The van der Waals surface area contributed by atoms with Crippen LogP contribution in [0.2, 0.25) is 5.02 Å². The van der Waals surface area contributed by atoms with Crippen LogP contribution in [0.25, 0.3) is 6.08 Å². The number of rotatable bonds is 7. The van der Waals surface area contributed by atoms with Gasteiger partial charge < -0.3 is 19.5 Å². The number of anilines is 1. The van der Waals surface area contributed by atoms with E-state index in [1.54, 1.807) is 24.3 Å². The minimum atomic E-state index is -3.76. The van der Waals surface area contributed by atoms with Crippen LogP contribution in [0.15, 0.2) is 46.9 Å². The van der Waals surface area contributed by atoms with E-state index in [0.29, 0.717) is 30.2 Å². The maximum Gasteiger partial charge on any atom is 0.349 e. The molecule has 1 amide bonds. The number of carbonyl (C=O) groups excluding carboxylic acids is 2. The number of amides is 1. The topological polar surface area (TPSA) is 135 Å². The molecule has 4 rings (SSSR count). The Labute approximate surface area is 219 Å². The van der Waals surface area contributed by atoms with E-state index in [1.807, 2.05) is 0 Å². The van der Waals surface area contributed by atoms with Gasteiger partial charge in [0.15, 0.2) is 18.1 Å². The van der Waals surface area contributed by atoms with Crippen molar-refractivity contribution in [2.24, 2.45) is 0 Å². The first-order chi connectivity index (χ1) is 17.8. The number of fused-ring (bicyclic) bond motifs is 1. The van der Waals surface area contributed by atoms with Crippen LogP contribution in [0.4, 0.5) is 5.69 Å². The van der Waals surface area contributed by atoms with Crippen LogP contribution in [0.1, 0.15) is 31.2 Å². The van der Waals surface area contributed by atoms with Gasteiger partial charge in [-0.2, -0.15) is 9.57 Å². The number of sulfonamides is 1. The average Bonchev–Trinajstić information content (AvgIpc) is 3.17. The second-order valence-electron chi connectivity index (χ2n) is 8.37. The highest BCUT2D eigenvalue weighted by atomic mass is 35.5. The van der Waals surface area contributed by atoms with Crippen molar-refractivity contribution < 1.29 is 32.2 Å². The molecule has 1 saturated heterocycles. The van der Waals surface area contributed by atoms with Crippen LogP contribution in [0, 0.1) is 11.3 Å². The lowest BCUT2D eigenvalue weighted by Crippen LogP contribution is -2.32. The lowest BCUT2D eigenvalue weighted by Gasteiger charge is -2.20. The maximum absolute atomic E-state index is 13.1. The van der Waals surface area contributed by atoms with Gasteiger partial charge in [-0.3, -0.25) is 4.79 Å². The molecule has 2 aliphatic rings. The highest BCUT2D eigenvalue weighted by Gasteiger charge is 2.26. The number of hydrogen-bond acceptors (Lipinski definition) is 8. The summed E-state index contributed by atoms with van der Waals surface area (Å²) in [7, 11) is -3.76. The molecule has 2 aromatic rings. The minimum Gasteiger partial charge on any atom is -0.454 e. The van der Waals surface area contributed by atoms with E-state index in [0.717, 1.165) is 25.7 Å². The van der Waals surface area contributed by atoms with Gasteiger partial charge in [0.25, 0.3) is 5.91 Å². The molecule has 2 aliphatic heterocycles. The normalized spacial score (nSPS) is 15.9. The summed E-state index contributed by atoms with van der Waals surface area (Å²) in [4.78, 5) is 24.8. The van der Waals surface area contributed by atoms with Crippen molar-refractivity contribution in [1.29, 1.82) is 5.26 Å². The summed E-state index contributed by atoms with van der Waals surface area (Å²) >= 11 is 6.17. The standard InChI is InChI=1S/C25H24ClN3O7S/c26-20-7-6-19(37(32,33)29-9-3-1-2-4-10-29)13-21(20)28-24(30)15-34-25(31)18(14-27)11-17-5-8-22-23(12-17)36-16-35-22/h5-8,11-13H,1-4,9-10,15-16H2,(H,28,30). The zero-order chi connectivity index (χ0) is 26.4. The summed E-state index contributed by atoms with van der Waals surface area (Å²) in [5, 5.41) is 12.0. The molecule has 2 aromatic carbocycles. The smallest absolute Gasteiger partial charge is 0.349 e.